The van der Waals surface area contributed by atoms with E-state index in [2.05, 4.69) is 40.1 Å². The van der Waals surface area contributed by atoms with Crippen LogP contribution in [0.1, 0.15) is 11.6 Å². The number of hydrogen-bond donors (Lipinski definition) is 0. The lowest BCUT2D eigenvalue weighted by Crippen LogP contribution is -2.39. The molecule has 0 amide bonds. The maximum absolute atomic E-state index is 5.35. The summed E-state index contributed by atoms with van der Waals surface area (Å²) in [5, 5.41) is 0. The van der Waals surface area contributed by atoms with E-state index in [1.54, 1.807) is 0 Å². The summed E-state index contributed by atoms with van der Waals surface area (Å²) in [6.07, 6.45) is 0. The van der Waals surface area contributed by atoms with Gasteiger partial charge in [-0.2, -0.15) is 0 Å². The Kier molecular flexibility index (Phi) is 2.91. The Balaban J connectivity index is 1.52. The van der Waals surface area contributed by atoms with Crippen molar-refractivity contribution in [3.05, 3.63) is 35.9 Å². The van der Waals surface area contributed by atoms with E-state index in [4.69, 9.17) is 4.74 Å². The molecule has 2 saturated heterocycles. The van der Waals surface area contributed by atoms with Gasteiger partial charge in [-0.15, -0.1) is 0 Å². The molecule has 0 bridgehead atoms. The van der Waals surface area contributed by atoms with Gasteiger partial charge in [0.15, 0.2) is 0 Å². The second-order valence-corrected chi connectivity index (χ2v) is 4.57. The monoisotopic (exact) mass is 218 g/mol. The molecule has 2 atom stereocenters. The Morgan fingerprint density at radius 2 is 1.88 bits per heavy atom. The van der Waals surface area contributed by atoms with Gasteiger partial charge in [-0.3, -0.25) is 9.80 Å². The Morgan fingerprint density at radius 3 is 2.62 bits per heavy atom. The Labute approximate surface area is 96.6 Å². The molecule has 2 aliphatic rings. The molecule has 0 saturated carbocycles. The maximum atomic E-state index is 5.35. The lowest BCUT2D eigenvalue weighted by atomic mass is 10.2. The van der Waals surface area contributed by atoms with Gasteiger partial charge in [0.05, 0.1) is 19.9 Å². The molecule has 2 fully saturated rings. The summed E-state index contributed by atoms with van der Waals surface area (Å²) in [4.78, 5) is 4.99. The van der Waals surface area contributed by atoms with Gasteiger partial charge in [0, 0.05) is 25.7 Å². The topological polar surface area (TPSA) is 15.5 Å². The van der Waals surface area contributed by atoms with Crippen molar-refractivity contribution in [3.8, 4) is 0 Å². The zero-order valence-corrected chi connectivity index (χ0v) is 9.51. The summed E-state index contributed by atoms with van der Waals surface area (Å²) in [5.74, 6) is 0. The van der Waals surface area contributed by atoms with Crippen LogP contribution in [0.5, 0.6) is 0 Å². The van der Waals surface area contributed by atoms with E-state index >= 15 is 0 Å². The molecule has 3 rings (SSSR count). The number of benzene rings is 1. The zero-order valence-electron chi connectivity index (χ0n) is 9.51. The molecular weight excluding hydrogens is 200 g/mol. The van der Waals surface area contributed by atoms with E-state index in [1.165, 1.54) is 12.1 Å². The minimum atomic E-state index is 0.657. The van der Waals surface area contributed by atoms with Crippen LogP contribution in [0.25, 0.3) is 0 Å². The fourth-order valence-corrected chi connectivity index (χ4v) is 2.32. The number of hydrogen-bond acceptors (Lipinski definition) is 3. The van der Waals surface area contributed by atoms with Crippen LogP contribution in [-0.2, 0) is 4.74 Å². The van der Waals surface area contributed by atoms with Crippen molar-refractivity contribution >= 4 is 0 Å². The Morgan fingerprint density at radius 1 is 1.12 bits per heavy atom. The molecule has 16 heavy (non-hydrogen) atoms. The van der Waals surface area contributed by atoms with Crippen molar-refractivity contribution in [2.24, 2.45) is 0 Å². The molecule has 1 aromatic rings. The van der Waals surface area contributed by atoms with Crippen LogP contribution in [0.4, 0.5) is 0 Å². The van der Waals surface area contributed by atoms with Crippen LogP contribution in [0, 0.1) is 0 Å². The first-order valence-corrected chi connectivity index (χ1v) is 6.02. The van der Waals surface area contributed by atoms with Gasteiger partial charge in [0.1, 0.15) is 0 Å². The van der Waals surface area contributed by atoms with Crippen LogP contribution in [0.2, 0.25) is 0 Å². The highest BCUT2D eigenvalue weighted by Crippen LogP contribution is 2.34. The molecule has 86 valence electrons. The summed E-state index contributed by atoms with van der Waals surface area (Å²) >= 11 is 0. The first kappa shape index (κ1) is 10.3. The Hall–Kier alpha value is -0.900. The van der Waals surface area contributed by atoms with Gasteiger partial charge < -0.3 is 4.74 Å². The second-order valence-electron chi connectivity index (χ2n) is 4.57. The molecule has 0 aromatic heterocycles. The lowest BCUT2D eigenvalue weighted by Gasteiger charge is -2.27. The van der Waals surface area contributed by atoms with Gasteiger partial charge in [-0.05, 0) is 5.56 Å². The summed E-state index contributed by atoms with van der Waals surface area (Å²) < 4.78 is 5.35. The largest absolute Gasteiger partial charge is 0.379 e. The number of ether oxygens (including phenoxy) is 1. The number of nitrogens with zero attached hydrogens (tertiary/aromatic N) is 2. The van der Waals surface area contributed by atoms with Gasteiger partial charge in [0.2, 0.25) is 0 Å². The van der Waals surface area contributed by atoms with E-state index < -0.39 is 0 Å². The predicted molar refractivity (Wildman–Crippen MR) is 63.1 cm³/mol. The van der Waals surface area contributed by atoms with Crippen LogP contribution >= 0.6 is 0 Å². The molecule has 0 radical (unpaired) electrons. The molecule has 2 heterocycles. The molecule has 1 aromatic carbocycles. The van der Waals surface area contributed by atoms with Crippen molar-refractivity contribution in [2.45, 2.75) is 6.04 Å². The fraction of sp³-hybridized carbons (Fsp3) is 0.538. The SMILES string of the molecule is c1ccc([C@@H]2CN2CN2CCOCC2)cc1. The highest BCUT2D eigenvalue weighted by atomic mass is 16.5. The van der Waals surface area contributed by atoms with Crippen molar-refractivity contribution < 1.29 is 4.74 Å². The Bertz CT molecular complexity index is 335. The van der Waals surface area contributed by atoms with Crippen molar-refractivity contribution in [3.63, 3.8) is 0 Å². The molecule has 0 N–H and O–H groups in total. The average Bonchev–Trinajstić information content (AvgIpc) is 3.11. The fourth-order valence-electron chi connectivity index (χ4n) is 2.32. The van der Waals surface area contributed by atoms with Gasteiger partial charge in [-0.1, -0.05) is 30.3 Å². The van der Waals surface area contributed by atoms with Crippen LogP contribution in [-0.4, -0.2) is 49.3 Å². The quantitative estimate of drug-likeness (QED) is 0.712. The molecular formula is C13H18N2O. The van der Waals surface area contributed by atoms with Crippen LogP contribution < -0.4 is 0 Å². The van der Waals surface area contributed by atoms with E-state index in [-0.39, 0.29) is 0 Å². The van der Waals surface area contributed by atoms with E-state index in [1.807, 2.05) is 0 Å². The van der Waals surface area contributed by atoms with Crippen molar-refractivity contribution in [2.75, 3.05) is 39.5 Å². The zero-order chi connectivity index (χ0) is 10.8. The third-order valence-electron chi connectivity index (χ3n) is 3.38. The van der Waals surface area contributed by atoms with Crippen LogP contribution in [0.3, 0.4) is 0 Å². The minimum absolute atomic E-state index is 0.657. The molecule has 3 heteroatoms. The highest BCUT2D eigenvalue weighted by Gasteiger charge is 2.36. The third kappa shape index (κ3) is 2.26. The lowest BCUT2D eigenvalue weighted by molar-refractivity contribution is 0.0247. The molecule has 1 unspecified atom stereocenters. The van der Waals surface area contributed by atoms with Gasteiger partial charge >= 0.3 is 0 Å². The third-order valence-corrected chi connectivity index (χ3v) is 3.38. The predicted octanol–water partition coefficient (Wildman–Crippen LogP) is 1.33. The molecule has 3 nitrogen and oxygen atoms in total. The van der Waals surface area contributed by atoms with E-state index in [9.17, 15) is 0 Å². The van der Waals surface area contributed by atoms with E-state index in [0.29, 0.717) is 6.04 Å². The van der Waals surface area contributed by atoms with Crippen molar-refractivity contribution in [1.82, 2.24) is 9.80 Å². The normalized spacial score (nSPS) is 30.2. The molecule has 0 aliphatic carbocycles. The smallest absolute Gasteiger partial charge is 0.0594 e. The van der Waals surface area contributed by atoms with Crippen molar-refractivity contribution in [1.29, 1.82) is 0 Å². The average molecular weight is 218 g/mol. The summed E-state index contributed by atoms with van der Waals surface area (Å²) in [6.45, 7) is 6.26. The van der Waals surface area contributed by atoms with E-state index in [0.717, 1.165) is 33.0 Å². The first-order valence-electron chi connectivity index (χ1n) is 6.02. The number of morpholine rings is 1. The summed E-state index contributed by atoms with van der Waals surface area (Å²) in [7, 11) is 0. The summed E-state index contributed by atoms with van der Waals surface area (Å²) in [6, 6.07) is 11.4. The van der Waals surface area contributed by atoms with Gasteiger partial charge in [-0.25, -0.2) is 0 Å². The second kappa shape index (κ2) is 4.53. The number of rotatable bonds is 3. The first-order chi connectivity index (χ1) is 7.93. The maximum Gasteiger partial charge on any atom is 0.0594 e. The summed E-state index contributed by atoms with van der Waals surface area (Å²) in [5.41, 5.74) is 1.45. The minimum Gasteiger partial charge on any atom is -0.379 e. The highest BCUT2D eigenvalue weighted by molar-refractivity contribution is 5.23. The van der Waals surface area contributed by atoms with Crippen LogP contribution in [0.15, 0.2) is 30.3 Å². The van der Waals surface area contributed by atoms with Gasteiger partial charge in [0.25, 0.3) is 0 Å². The molecule has 0 spiro atoms. The molecule has 2 aliphatic heterocycles. The standard InChI is InChI=1S/C13H18N2O/c1-2-4-12(5-3-1)13-10-15(13)11-14-6-8-16-9-7-14/h1-5,13H,6-11H2/t13-,15?/m0/s1.